The number of hydrogen-bond donors (Lipinski definition) is 3. The number of fused-ring (bicyclic) bond motifs is 1. The molecule has 0 spiro atoms. The van der Waals surface area contributed by atoms with Gasteiger partial charge in [0.15, 0.2) is 17.2 Å². The molecule has 11 heteroatoms. The molecule has 0 saturated heterocycles. The van der Waals surface area contributed by atoms with Gasteiger partial charge in [0.25, 0.3) is 11.5 Å². The highest BCUT2D eigenvalue weighted by atomic mass is 16.5. The minimum atomic E-state index is -0.289. The predicted octanol–water partition coefficient (Wildman–Crippen LogP) is 1.97. The lowest BCUT2D eigenvalue weighted by Crippen LogP contribution is -2.51. The zero-order chi connectivity index (χ0) is 23.7. The molecule has 174 valence electrons. The third-order valence-electron chi connectivity index (χ3n) is 5.91. The van der Waals surface area contributed by atoms with E-state index < -0.39 is 0 Å². The van der Waals surface area contributed by atoms with Gasteiger partial charge in [-0.3, -0.25) is 14.2 Å². The molecule has 1 aliphatic carbocycles. The number of hydrogen-bond acceptors (Lipinski definition) is 8. The maximum absolute atomic E-state index is 13.1. The van der Waals surface area contributed by atoms with Gasteiger partial charge in [-0.1, -0.05) is 6.07 Å². The minimum absolute atomic E-state index is 0.0144. The van der Waals surface area contributed by atoms with E-state index in [1.807, 2.05) is 6.07 Å². The van der Waals surface area contributed by atoms with Crippen LogP contribution >= 0.6 is 0 Å². The number of ether oxygens (including phenoxy) is 1. The van der Waals surface area contributed by atoms with Gasteiger partial charge in [-0.2, -0.15) is 0 Å². The van der Waals surface area contributed by atoms with Gasteiger partial charge in [-0.05, 0) is 37.1 Å². The molecule has 2 atom stereocenters. The van der Waals surface area contributed by atoms with Crippen LogP contribution in [0.15, 0.2) is 59.8 Å². The Bertz CT molecular complexity index is 1400. The van der Waals surface area contributed by atoms with Crippen molar-refractivity contribution in [1.82, 2.24) is 29.5 Å². The van der Waals surface area contributed by atoms with E-state index >= 15 is 0 Å². The summed E-state index contributed by atoms with van der Waals surface area (Å²) in [6.07, 6.45) is 6.55. The first-order valence-electron chi connectivity index (χ1n) is 10.9. The second-order valence-electron chi connectivity index (χ2n) is 7.91. The van der Waals surface area contributed by atoms with Crippen molar-refractivity contribution in [3.8, 4) is 5.82 Å². The highest BCUT2D eigenvalue weighted by molar-refractivity contribution is 5.94. The molecule has 4 aromatic heterocycles. The van der Waals surface area contributed by atoms with Crippen LogP contribution < -0.4 is 21.5 Å². The highest BCUT2D eigenvalue weighted by Gasteiger charge is 2.33. The zero-order valence-corrected chi connectivity index (χ0v) is 18.7. The van der Waals surface area contributed by atoms with Gasteiger partial charge in [0.2, 0.25) is 0 Å². The molecule has 1 saturated carbocycles. The Morgan fingerprint density at radius 2 is 2.03 bits per heavy atom. The number of nitrogens with one attached hydrogen (secondary N) is 3. The molecule has 1 aliphatic rings. The molecule has 11 nitrogen and oxygen atoms in total. The fourth-order valence-corrected chi connectivity index (χ4v) is 3.93. The zero-order valence-electron chi connectivity index (χ0n) is 18.7. The first-order chi connectivity index (χ1) is 16.6. The number of pyridine rings is 2. The standard InChI is InChI=1S/C23H24N8O3/c1-24-16-12-19(27-15-6-5-11-30(23(15)33)20-7-3-4-10-25-20)29-31-17(13-26-21(16)31)22(32)28-14-8-9-18(14)34-2/h3-7,10-14,18,24H,8-9H2,1-2H3,(H,27,29)(H,28,32)/t14-,18-/m1/s1. The predicted molar refractivity (Wildman–Crippen MR) is 127 cm³/mol. The molecular formula is C23H24N8O3. The van der Waals surface area contributed by atoms with E-state index in [1.54, 1.807) is 56.9 Å². The van der Waals surface area contributed by atoms with E-state index in [4.69, 9.17) is 4.74 Å². The van der Waals surface area contributed by atoms with E-state index in [1.165, 1.54) is 15.3 Å². The molecule has 4 heterocycles. The molecule has 0 aromatic carbocycles. The van der Waals surface area contributed by atoms with Gasteiger partial charge in [-0.25, -0.2) is 14.5 Å². The number of rotatable bonds is 7. The van der Waals surface area contributed by atoms with Crippen molar-refractivity contribution in [1.29, 1.82) is 0 Å². The van der Waals surface area contributed by atoms with E-state index in [0.29, 0.717) is 28.7 Å². The van der Waals surface area contributed by atoms with Crippen LogP contribution in [0, 0.1) is 0 Å². The average Bonchev–Trinajstić information content (AvgIpc) is 3.27. The Morgan fingerprint density at radius 3 is 2.74 bits per heavy atom. The van der Waals surface area contributed by atoms with Gasteiger partial charge >= 0.3 is 0 Å². The van der Waals surface area contributed by atoms with Crippen molar-refractivity contribution >= 4 is 28.7 Å². The molecule has 5 rings (SSSR count). The van der Waals surface area contributed by atoms with Crippen molar-refractivity contribution in [2.45, 2.75) is 25.0 Å². The third kappa shape index (κ3) is 3.86. The Labute approximate surface area is 194 Å². The number of nitrogens with zero attached hydrogens (tertiary/aromatic N) is 5. The molecule has 4 aromatic rings. The van der Waals surface area contributed by atoms with E-state index in [2.05, 4.69) is 31.0 Å². The van der Waals surface area contributed by atoms with Gasteiger partial charge in [0.05, 0.1) is 24.0 Å². The second kappa shape index (κ2) is 8.94. The maximum atomic E-state index is 13.1. The third-order valence-corrected chi connectivity index (χ3v) is 5.91. The number of carbonyl (C=O) groups excluding carboxylic acids is 1. The molecule has 0 unspecified atom stereocenters. The van der Waals surface area contributed by atoms with Crippen molar-refractivity contribution in [3.05, 3.63) is 71.0 Å². The monoisotopic (exact) mass is 460 g/mol. The quantitative estimate of drug-likeness (QED) is 0.382. The lowest BCUT2D eigenvalue weighted by Gasteiger charge is -2.35. The SMILES string of the molecule is CNc1cc(Nc2cccn(-c3ccccn3)c2=O)nn2c(C(=O)N[C@@H]3CC[C@H]3OC)cnc12. The van der Waals surface area contributed by atoms with Crippen molar-refractivity contribution in [2.24, 2.45) is 0 Å². The molecule has 0 aliphatic heterocycles. The second-order valence-corrected chi connectivity index (χ2v) is 7.91. The summed E-state index contributed by atoms with van der Waals surface area (Å²) in [7, 11) is 3.39. The molecule has 3 N–H and O–H groups in total. The summed E-state index contributed by atoms with van der Waals surface area (Å²) in [5.41, 5.74) is 1.46. The van der Waals surface area contributed by atoms with E-state index in [0.717, 1.165) is 12.8 Å². The summed E-state index contributed by atoms with van der Waals surface area (Å²) in [5.74, 6) is 0.593. The fourth-order valence-electron chi connectivity index (χ4n) is 3.93. The van der Waals surface area contributed by atoms with Crippen LogP contribution in [0.25, 0.3) is 11.5 Å². The van der Waals surface area contributed by atoms with Crippen LogP contribution in [-0.4, -0.2) is 56.4 Å². The van der Waals surface area contributed by atoms with Crippen LogP contribution in [0.3, 0.4) is 0 Å². The normalized spacial score (nSPS) is 17.2. The summed E-state index contributed by atoms with van der Waals surface area (Å²) in [6.45, 7) is 0. The first-order valence-corrected chi connectivity index (χ1v) is 10.9. The Morgan fingerprint density at radius 1 is 1.15 bits per heavy atom. The minimum Gasteiger partial charge on any atom is -0.385 e. The van der Waals surface area contributed by atoms with Crippen LogP contribution in [-0.2, 0) is 4.74 Å². The van der Waals surface area contributed by atoms with Crippen LogP contribution in [0.5, 0.6) is 0 Å². The lowest BCUT2D eigenvalue weighted by molar-refractivity contribution is 0.00718. The van der Waals surface area contributed by atoms with Crippen molar-refractivity contribution in [2.75, 3.05) is 24.8 Å². The lowest BCUT2D eigenvalue weighted by atomic mass is 9.89. The summed E-state index contributed by atoms with van der Waals surface area (Å²) >= 11 is 0. The van der Waals surface area contributed by atoms with Crippen LogP contribution in [0.1, 0.15) is 23.3 Å². The number of aromatic nitrogens is 5. The van der Waals surface area contributed by atoms with E-state index in [-0.39, 0.29) is 29.3 Å². The Hall–Kier alpha value is -4.25. The molecule has 0 bridgehead atoms. The van der Waals surface area contributed by atoms with E-state index in [9.17, 15) is 9.59 Å². The molecule has 0 radical (unpaired) electrons. The summed E-state index contributed by atoms with van der Waals surface area (Å²) < 4.78 is 8.28. The Balaban J connectivity index is 1.48. The maximum Gasteiger partial charge on any atom is 0.279 e. The molecular weight excluding hydrogens is 436 g/mol. The highest BCUT2D eigenvalue weighted by Crippen LogP contribution is 2.24. The largest absolute Gasteiger partial charge is 0.385 e. The van der Waals surface area contributed by atoms with Gasteiger partial charge in [0, 0.05) is 32.6 Å². The number of anilines is 3. The first kappa shape index (κ1) is 21.6. The van der Waals surface area contributed by atoms with Crippen LogP contribution in [0.4, 0.5) is 17.2 Å². The summed E-state index contributed by atoms with van der Waals surface area (Å²) in [4.78, 5) is 34.6. The smallest absolute Gasteiger partial charge is 0.279 e. The summed E-state index contributed by atoms with van der Waals surface area (Å²) in [5, 5.41) is 13.7. The number of imidazole rings is 1. The van der Waals surface area contributed by atoms with Crippen LogP contribution in [0.2, 0.25) is 0 Å². The molecule has 1 fully saturated rings. The summed E-state index contributed by atoms with van der Waals surface area (Å²) in [6, 6.07) is 10.5. The van der Waals surface area contributed by atoms with Gasteiger partial charge < -0.3 is 20.7 Å². The number of amides is 1. The number of methoxy groups -OCH3 is 1. The average molecular weight is 460 g/mol. The van der Waals surface area contributed by atoms with Gasteiger partial charge in [-0.15, -0.1) is 5.10 Å². The molecule has 34 heavy (non-hydrogen) atoms. The van der Waals surface area contributed by atoms with Crippen molar-refractivity contribution in [3.63, 3.8) is 0 Å². The fraction of sp³-hybridized carbons (Fsp3) is 0.261. The van der Waals surface area contributed by atoms with Gasteiger partial charge in [0.1, 0.15) is 11.5 Å². The van der Waals surface area contributed by atoms with Crippen molar-refractivity contribution < 1.29 is 9.53 Å². The topological polar surface area (TPSA) is 127 Å². The Kier molecular flexibility index (Phi) is 5.68. The number of carbonyl (C=O) groups is 1. The molecule has 1 amide bonds.